The summed E-state index contributed by atoms with van der Waals surface area (Å²) >= 11 is 0. The number of hydrogen-bond donors (Lipinski definition) is 2. The van der Waals surface area contributed by atoms with Crippen LogP contribution in [0, 0.1) is 20.2 Å². The van der Waals surface area contributed by atoms with Gasteiger partial charge in [-0.05, 0) is 73.6 Å². The van der Waals surface area contributed by atoms with Crippen molar-refractivity contribution in [3.05, 3.63) is 54.6 Å². The third kappa shape index (κ3) is 2.76. The highest BCUT2D eigenvalue weighted by Gasteiger charge is 2.33. The predicted octanol–water partition coefficient (Wildman–Crippen LogP) is 4.34. The number of hydrogen-bond acceptors (Lipinski definition) is 6. The quantitative estimate of drug-likeness (QED) is 0.599. The fraction of sp³-hybridized carbons (Fsp3) is 0.400. The van der Waals surface area contributed by atoms with E-state index in [9.17, 15) is 30.4 Å². The van der Waals surface area contributed by atoms with E-state index in [1.807, 2.05) is 0 Å². The maximum Gasteiger partial charge on any atom is 0.311 e. The number of fused-ring (bicyclic) bond motifs is 2. The van der Waals surface area contributed by atoms with Gasteiger partial charge >= 0.3 is 11.4 Å². The number of nitro groups is 2. The molecule has 2 aliphatic rings. The molecule has 0 amide bonds. The summed E-state index contributed by atoms with van der Waals surface area (Å²) in [6, 6.07) is 2.79. The zero-order valence-corrected chi connectivity index (χ0v) is 15.2. The number of rotatable bonds is 3. The minimum absolute atomic E-state index is 0.197. The van der Waals surface area contributed by atoms with Gasteiger partial charge in [0.2, 0.25) is 11.5 Å². The highest BCUT2D eigenvalue weighted by atomic mass is 16.6. The van der Waals surface area contributed by atoms with E-state index >= 15 is 0 Å². The van der Waals surface area contributed by atoms with Gasteiger partial charge in [-0.15, -0.1) is 0 Å². The van der Waals surface area contributed by atoms with Gasteiger partial charge in [0.1, 0.15) is 0 Å². The first kappa shape index (κ1) is 18.2. The molecule has 2 aliphatic carbocycles. The molecule has 2 aromatic rings. The summed E-state index contributed by atoms with van der Waals surface area (Å²) in [4.78, 5) is 21.7. The molecule has 0 fully saturated rings. The predicted molar refractivity (Wildman–Crippen MR) is 102 cm³/mol. The number of aromatic hydroxyl groups is 2. The Labute approximate surface area is 160 Å². The highest BCUT2D eigenvalue weighted by molar-refractivity contribution is 5.88. The first-order chi connectivity index (χ1) is 13.4. The smallest absolute Gasteiger partial charge is 0.311 e. The van der Waals surface area contributed by atoms with Gasteiger partial charge in [-0.1, -0.05) is 0 Å². The van der Waals surface area contributed by atoms with Gasteiger partial charge in [0, 0.05) is 23.3 Å². The monoisotopic (exact) mass is 384 g/mol. The van der Waals surface area contributed by atoms with E-state index in [2.05, 4.69) is 0 Å². The minimum atomic E-state index is -0.644. The average molecular weight is 384 g/mol. The second-order valence-corrected chi connectivity index (χ2v) is 7.44. The molecule has 0 bridgehead atoms. The molecule has 0 spiro atoms. The van der Waals surface area contributed by atoms with Crippen molar-refractivity contribution in [2.45, 2.75) is 51.4 Å². The highest BCUT2D eigenvalue weighted by Crippen LogP contribution is 2.51. The number of phenols is 2. The van der Waals surface area contributed by atoms with E-state index in [4.69, 9.17) is 0 Å². The van der Waals surface area contributed by atoms with Gasteiger partial charge < -0.3 is 10.2 Å². The van der Waals surface area contributed by atoms with E-state index in [1.54, 1.807) is 0 Å². The van der Waals surface area contributed by atoms with Crippen molar-refractivity contribution in [2.24, 2.45) is 0 Å². The summed E-state index contributed by atoms with van der Waals surface area (Å²) in [5.41, 5.74) is 2.57. The second kappa shape index (κ2) is 6.78. The van der Waals surface area contributed by atoms with Gasteiger partial charge in [0.05, 0.1) is 9.85 Å². The van der Waals surface area contributed by atoms with Crippen LogP contribution in [0.4, 0.5) is 11.4 Å². The van der Waals surface area contributed by atoms with Crippen LogP contribution in [-0.4, -0.2) is 20.1 Å². The van der Waals surface area contributed by atoms with Crippen LogP contribution in [0.15, 0.2) is 12.1 Å². The van der Waals surface area contributed by atoms with Crippen LogP contribution >= 0.6 is 0 Å². The third-order valence-corrected chi connectivity index (χ3v) is 5.85. The van der Waals surface area contributed by atoms with Crippen LogP contribution in [0.5, 0.6) is 11.5 Å². The molecule has 0 radical (unpaired) electrons. The number of aryl methyl sites for hydroxylation is 2. The van der Waals surface area contributed by atoms with Crippen molar-refractivity contribution in [1.82, 2.24) is 0 Å². The number of nitro benzene ring substituents is 2. The Morgan fingerprint density at radius 2 is 1.04 bits per heavy atom. The van der Waals surface area contributed by atoms with Crippen LogP contribution < -0.4 is 0 Å². The Morgan fingerprint density at radius 3 is 1.39 bits per heavy atom. The number of nitrogens with zero attached hydrogens (tertiary/aromatic N) is 2. The van der Waals surface area contributed by atoms with Gasteiger partial charge in [0.25, 0.3) is 0 Å². The van der Waals surface area contributed by atoms with Gasteiger partial charge in [-0.2, -0.15) is 0 Å². The van der Waals surface area contributed by atoms with E-state index in [0.717, 1.165) is 47.9 Å². The van der Waals surface area contributed by atoms with E-state index in [1.165, 1.54) is 12.1 Å². The fourth-order valence-corrected chi connectivity index (χ4v) is 4.57. The molecule has 28 heavy (non-hydrogen) atoms. The molecule has 0 saturated heterocycles. The molecule has 0 saturated carbocycles. The molecule has 2 aromatic carbocycles. The Balaban J connectivity index is 2.12. The molecule has 0 unspecified atom stereocenters. The molecule has 0 atom stereocenters. The van der Waals surface area contributed by atoms with Crippen molar-refractivity contribution in [3.8, 4) is 22.6 Å². The lowest BCUT2D eigenvalue weighted by molar-refractivity contribution is -0.386. The van der Waals surface area contributed by atoms with Crippen molar-refractivity contribution >= 4 is 11.4 Å². The van der Waals surface area contributed by atoms with Crippen LogP contribution in [0.3, 0.4) is 0 Å². The number of benzene rings is 2. The summed E-state index contributed by atoms with van der Waals surface area (Å²) < 4.78 is 0. The Bertz CT molecular complexity index is 933. The van der Waals surface area contributed by atoms with Gasteiger partial charge in [-0.3, -0.25) is 20.2 Å². The van der Waals surface area contributed by atoms with E-state index in [-0.39, 0.29) is 11.1 Å². The average Bonchev–Trinajstić information content (AvgIpc) is 2.67. The lowest BCUT2D eigenvalue weighted by Gasteiger charge is -2.25. The van der Waals surface area contributed by atoms with E-state index < -0.39 is 32.7 Å². The summed E-state index contributed by atoms with van der Waals surface area (Å²) in [5, 5.41) is 44.6. The molecule has 8 heteroatoms. The molecule has 0 heterocycles. The molecule has 0 aromatic heterocycles. The second-order valence-electron chi connectivity index (χ2n) is 7.44. The van der Waals surface area contributed by atoms with Gasteiger partial charge in [0.15, 0.2) is 0 Å². The Kier molecular flexibility index (Phi) is 4.41. The maximum atomic E-state index is 11.5. The molecule has 146 valence electrons. The van der Waals surface area contributed by atoms with Crippen LogP contribution in [-0.2, 0) is 25.7 Å². The van der Waals surface area contributed by atoms with E-state index in [0.29, 0.717) is 25.7 Å². The molecule has 2 N–H and O–H groups in total. The Hall–Kier alpha value is -3.16. The normalized spacial score (nSPS) is 15.6. The summed E-state index contributed by atoms with van der Waals surface area (Å²) in [5.74, 6) is -1.04. The van der Waals surface area contributed by atoms with Crippen molar-refractivity contribution in [1.29, 1.82) is 0 Å². The number of phenolic OH excluding ortho intramolecular Hbond substituents is 2. The molecule has 4 rings (SSSR count). The topological polar surface area (TPSA) is 127 Å². The first-order valence-electron chi connectivity index (χ1n) is 9.44. The summed E-state index contributed by atoms with van der Waals surface area (Å²) in [6.07, 6.45) is 5.97. The molecular weight excluding hydrogens is 364 g/mol. The first-order valence-corrected chi connectivity index (χ1v) is 9.44. The van der Waals surface area contributed by atoms with Crippen LogP contribution in [0.1, 0.15) is 47.9 Å². The summed E-state index contributed by atoms with van der Waals surface area (Å²) in [6.45, 7) is 0. The van der Waals surface area contributed by atoms with Crippen LogP contribution in [0.25, 0.3) is 11.1 Å². The van der Waals surface area contributed by atoms with Crippen LogP contribution in [0.2, 0.25) is 0 Å². The standard InChI is InChI=1S/C20H20N2O6/c23-19-15(21(25)26)9-11-5-1-3-7-13(11)17(19)18-14-8-4-2-6-12(14)10-16(20(18)24)22(27)28/h9-10,23-24H,1-8H2. The minimum Gasteiger partial charge on any atom is -0.502 e. The zero-order chi connectivity index (χ0) is 20.0. The van der Waals surface area contributed by atoms with Crippen molar-refractivity contribution < 1.29 is 20.1 Å². The van der Waals surface area contributed by atoms with Crippen molar-refractivity contribution in [2.75, 3.05) is 0 Å². The van der Waals surface area contributed by atoms with Gasteiger partial charge in [-0.25, -0.2) is 0 Å². The maximum absolute atomic E-state index is 11.5. The van der Waals surface area contributed by atoms with Crippen molar-refractivity contribution in [3.63, 3.8) is 0 Å². The molecular formula is C20H20N2O6. The molecule has 0 aliphatic heterocycles. The third-order valence-electron chi connectivity index (χ3n) is 5.85. The largest absolute Gasteiger partial charge is 0.502 e. The lowest BCUT2D eigenvalue weighted by Crippen LogP contribution is -2.11. The fourth-order valence-electron chi connectivity index (χ4n) is 4.57. The lowest BCUT2D eigenvalue weighted by atomic mass is 9.79. The Morgan fingerprint density at radius 1 is 0.679 bits per heavy atom. The SMILES string of the molecule is O=[N+]([O-])c1cc2c(c(-c3c(O)c([N+](=O)[O-])cc4c3CCCC4)c1O)CCCC2. The summed E-state index contributed by atoms with van der Waals surface area (Å²) in [7, 11) is 0. The zero-order valence-electron chi connectivity index (χ0n) is 15.2. The molecule has 8 nitrogen and oxygen atoms in total.